The van der Waals surface area contributed by atoms with Gasteiger partial charge < -0.3 is 4.74 Å². The molecule has 1 aliphatic rings. The van der Waals surface area contributed by atoms with Gasteiger partial charge in [0.25, 0.3) is 0 Å². The van der Waals surface area contributed by atoms with Gasteiger partial charge in [0.2, 0.25) is 10.0 Å². The summed E-state index contributed by atoms with van der Waals surface area (Å²) in [5.74, 6) is -0.130. The van der Waals surface area contributed by atoms with Crippen molar-refractivity contribution in [2.45, 2.75) is 46.5 Å². The molecule has 0 aromatic heterocycles. The van der Waals surface area contributed by atoms with Crippen LogP contribution in [0.3, 0.4) is 0 Å². The van der Waals surface area contributed by atoms with E-state index in [2.05, 4.69) is 6.92 Å². The number of sulfonamides is 1. The lowest BCUT2D eigenvalue weighted by atomic mass is 9.99. The van der Waals surface area contributed by atoms with E-state index in [9.17, 15) is 13.2 Å². The van der Waals surface area contributed by atoms with Gasteiger partial charge in [0.05, 0.1) is 12.4 Å². The Kier molecular flexibility index (Phi) is 6.26. The molecule has 0 heterocycles. The molecule has 20 heavy (non-hydrogen) atoms. The lowest BCUT2D eigenvalue weighted by Gasteiger charge is -2.25. The van der Waals surface area contributed by atoms with Crippen LogP contribution in [0.1, 0.15) is 46.5 Å². The number of ether oxygens (including phenoxy) is 1. The van der Waals surface area contributed by atoms with Gasteiger partial charge in [0.15, 0.2) is 0 Å². The lowest BCUT2D eigenvalue weighted by molar-refractivity contribution is 0.137. The van der Waals surface area contributed by atoms with Gasteiger partial charge in [0.1, 0.15) is 0 Å². The van der Waals surface area contributed by atoms with Gasteiger partial charge >= 0.3 is 6.09 Å². The van der Waals surface area contributed by atoms with Crippen LogP contribution >= 0.6 is 0 Å². The number of hydrogen-bond acceptors (Lipinski definition) is 4. The van der Waals surface area contributed by atoms with E-state index >= 15 is 0 Å². The van der Waals surface area contributed by atoms with Gasteiger partial charge in [-0.05, 0) is 39.2 Å². The third-order valence-corrected chi connectivity index (χ3v) is 4.79. The Morgan fingerprint density at radius 1 is 1.25 bits per heavy atom. The molecule has 0 saturated heterocycles. The first-order valence-corrected chi connectivity index (χ1v) is 8.65. The quantitative estimate of drug-likeness (QED) is 0.755. The third-order valence-electron chi connectivity index (χ3n) is 3.12. The van der Waals surface area contributed by atoms with Crippen LogP contribution in [-0.4, -0.2) is 31.2 Å². The summed E-state index contributed by atoms with van der Waals surface area (Å²) in [4.78, 5) is 11.9. The normalized spacial score (nSPS) is 15.3. The maximum absolute atomic E-state index is 12.1. The first-order chi connectivity index (χ1) is 9.46. The van der Waals surface area contributed by atoms with Crippen molar-refractivity contribution < 1.29 is 17.9 Å². The minimum atomic E-state index is -3.65. The second-order valence-corrected chi connectivity index (χ2v) is 6.70. The molecule has 0 saturated carbocycles. The van der Waals surface area contributed by atoms with E-state index in [4.69, 9.17) is 4.74 Å². The largest absolute Gasteiger partial charge is 0.449 e. The standard InChI is InChI=1S/C14H23NO4S/c1-4-7-12-8-10-13(11-9-12)15(14(16)19-5-2)20(17,18)6-3/h8,10H,4-7,9,11H2,1-3H3. The number of carbonyl (C=O) groups is 1. The maximum Gasteiger partial charge on any atom is 0.428 e. The van der Waals surface area contributed by atoms with Crippen LogP contribution in [0.5, 0.6) is 0 Å². The van der Waals surface area contributed by atoms with Gasteiger partial charge in [-0.3, -0.25) is 0 Å². The number of carbonyl (C=O) groups excluding carboxylic acids is 1. The monoisotopic (exact) mass is 301 g/mol. The Bertz CT molecular complexity index is 505. The van der Waals surface area contributed by atoms with Crippen molar-refractivity contribution in [3.05, 3.63) is 23.4 Å². The molecule has 0 radical (unpaired) electrons. The molecule has 0 unspecified atom stereocenters. The lowest BCUT2D eigenvalue weighted by Crippen LogP contribution is -2.38. The summed E-state index contributed by atoms with van der Waals surface area (Å²) in [5, 5.41) is 0. The van der Waals surface area contributed by atoms with Gasteiger partial charge in [-0.1, -0.05) is 25.0 Å². The molecule has 0 fully saturated rings. The first kappa shape index (κ1) is 16.8. The van der Waals surface area contributed by atoms with E-state index in [0.29, 0.717) is 12.1 Å². The van der Waals surface area contributed by atoms with Crippen molar-refractivity contribution in [1.82, 2.24) is 4.31 Å². The molecule has 5 nitrogen and oxygen atoms in total. The number of hydrogen-bond donors (Lipinski definition) is 0. The SMILES string of the molecule is CCCC1=CC=C(N(C(=O)OCC)S(=O)(=O)CC)CC1. The zero-order chi connectivity index (χ0) is 15.2. The summed E-state index contributed by atoms with van der Waals surface area (Å²) < 4.78 is 29.9. The van der Waals surface area contributed by atoms with Crippen molar-refractivity contribution in [2.24, 2.45) is 0 Å². The molecular formula is C14H23NO4S. The molecule has 1 amide bonds. The number of amides is 1. The second-order valence-electron chi connectivity index (χ2n) is 4.60. The molecule has 0 spiro atoms. The van der Waals surface area contributed by atoms with Gasteiger partial charge in [0, 0.05) is 5.70 Å². The zero-order valence-electron chi connectivity index (χ0n) is 12.4. The van der Waals surface area contributed by atoms with E-state index in [1.807, 2.05) is 6.08 Å². The van der Waals surface area contributed by atoms with Gasteiger partial charge in [-0.25, -0.2) is 13.2 Å². The van der Waals surface area contributed by atoms with E-state index in [1.54, 1.807) is 13.0 Å². The second kappa shape index (κ2) is 7.47. The van der Waals surface area contributed by atoms with E-state index in [1.165, 1.54) is 12.5 Å². The summed E-state index contributed by atoms with van der Waals surface area (Å²) >= 11 is 0. The van der Waals surface area contributed by atoms with Crippen LogP contribution in [0, 0.1) is 0 Å². The molecule has 114 valence electrons. The molecule has 0 aliphatic heterocycles. The molecule has 6 heteroatoms. The number of allylic oxidation sites excluding steroid dienone is 4. The summed E-state index contributed by atoms with van der Waals surface area (Å²) in [6, 6.07) is 0. The van der Waals surface area contributed by atoms with Crippen LogP contribution < -0.4 is 0 Å². The topological polar surface area (TPSA) is 63.7 Å². The maximum atomic E-state index is 12.1. The first-order valence-electron chi connectivity index (χ1n) is 7.04. The Morgan fingerprint density at radius 2 is 1.95 bits per heavy atom. The fourth-order valence-electron chi connectivity index (χ4n) is 2.09. The van der Waals surface area contributed by atoms with Gasteiger partial charge in [-0.15, -0.1) is 0 Å². The van der Waals surface area contributed by atoms with Crippen molar-refractivity contribution in [2.75, 3.05) is 12.4 Å². The van der Waals surface area contributed by atoms with E-state index < -0.39 is 16.1 Å². The fraction of sp³-hybridized carbons (Fsp3) is 0.643. The van der Waals surface area contributed by atoms with Crippen molar-refractivity contribution >= 4 is 16.1 Å². The summed E-state index contributed by atoms with van der Waals surface area (Å²) in [5.41, 5.74) is 1.78. The van der Waals surface area contributed by atoms with Crippen LogP contribution in [0.15, 0.2) is 23.4 Å². The smallest absolute Gasteiger partial charge is 0.428 e. The fourth-order valence-corrected chi connectivity index (χ4v) is 3.14. The van der Waals surface area contributed by atoms with Crippen molar-refractivity contribution in [3.8, 4) is 0 Å². The predicted octanol–water partition coefficient (Wildman–Crippen LogP) is 3.20. The molecule has 1 aliphatic carbocycles. The van der Waals surface area contributed by atoms with E-state index in [-0.39, 0.29) is 12.4 Å². The average Bonchev–Trinajstić information content (AvgIpc) is 2.41. The minimum Gasteiger partial charge on any atom is -0.449 e. The molecule has 1 rings (SSSR count). The highest BCUT2D eigenvalue weighted by Crippen LogP contribution is 2.26. The average molecular weight is 301 g/mol. The van der Waals surface area contributed by atoms with Crippen LogP contribution in [0.2, 0.25) is 0 Å². The Labute approximate surface area is 121 Å². The number of nitrogens with zero attached hydrogens (tertiary/aromatic N) is 1. The minimum absolute atomic E-state index is 0.130. The highest BCUT2D eigenvalue weighted by atomic mass is 32.2. The zero-order valence-corrected chi connectivity index (χ0v) is 13.2. The Hall–Kier alpha value is -1.30. The summed E-state index contributed by atoms with van der Waals surface area (Å²) in [7, 11) is -3.65. The summed E-state index contributed by atoms with van der Waals surface area (Å²) in [6.45, 7) is 5.43. The Morgan fingerprint density at radius 3 is 2.40 bits per heavy atom. The van der Waals surface area contributed by atoms with Crippen LogP contribution in [0.4, 0.5) is 4.79 Å². The van der Waals surface area contributed by atoms with Crippen LogP contribution in [-0.2, 0) is 14.8 Å². The van der Waals surface area contributed by atoms with Crippen molar-refractivity contribution in [1.29, 1.82) is 0 Å². The molecule has 0 aromatic rings. The summed E-state index contributed by atoms with van der Waals surface area (Å²) in [6.07, 6.45) is 6.22. The van der Waals surface area contributed by atoms with Crippen molar-refractivity contribution in [3.63, 3.8) is 0 Å². The number of rotatable bonds is 6. The molecule has 0 atom stereocenters. The highest BCUT2D eigenvalue weighted by Gasteiger charge is 2.31. The molecule has 0 bridgehead atoms. The molecule has 0 N–H and O–H groups in total. The predicted molar refractivity (Wildman–Crippen MR) is 78.6 cm³/mol. The molecular weight excluding hydrogens is 278 g/mol. The van der Waals surface area contributed by atoms with Crippen LogP contribution in [0.25, 0.3) is 0 Å². The van der Waals surface area contributed by atoms with Gasteiger partial charge in [-0.2, -0.15) is 4.31 Å². The Balaban J connectivity index is 3.05. The third kappa shape index (κ3) is 4.10. The van der Waals surface area contributed by atoms with E-state index in [0.717, 1.165) is 23.6 Å². The molecule has 0 aromatic carbocycles. The highest BCUT2D eigenvalue weighted by molar-refractivity contribution is 7.89.